The smallest absolute Gasteiger partial charge is 0.309 e. The maximum Gasteiger partial charge on any atom is 0.309 e. The summed E-state index contributed by atoms with van der Waals surface area (Å²) < 4.78 is 50.1. The molecule has 2 aromatic carbocycles. The predicted molar refractivity (Wildman–Crippen MR) is 107 cm³/mol. The summed E-state index contributed by atoms with van der Waals surface area (Å²) in [6, 6.07) is 3.52. The second-order valence-electron chi connectivity index (χ2n) is 7.33. The summed E-state index contributed by atoms with van der Waals surface area (Å²) in [5.41, 5.74) is 1.49. The highest BCUT2D eigenvalue weighted by atomic mass is 35.5. The van der Waals surface area contributed by atoms with Crippen LogP contribution in [-0.2, 0) is 4.74 Å². The van der Waals surface area contributed by atoms with Crippen LogP contribution in [0.3, 0.4) is 0 Å². The molecule has 0 N–H and O–H groups in total. The molecule has 0 bridgehead atoms. The highest BCUT2D eigenvalue weighted by Crippen LogP contribution is 2.40. The summed E-state index contributed by atoms with van der Waals surface area (Å²) in [6.45, 7) is 2.38. The Bertz CT molecular complexity index is 1300. The topological polar surface area (TPSA) is 52.8 Å². The van der Waals surface area contributed by atoms with Gasteiger partial charge in [0.2, 0.25) is 0 Å². The average molecular weight is 433 g/mol. The molecule has 5 rings (SSSR count). The van der Waals surface area contributed by atoms with Crippen molar-refractivity contribution in [1.29, 1.82) is 0 Å². The molecule has 0 amide bonds. The quantitative estimate of drug-likeness (QED) is 0.380. The molecule has 3 heterocycles. The second-order valence-corrected chi connectivity index (χ2v) is 7.73. The van der Waals surface area contributed by atoms with Gasteiger partial charge in [0.15, 0.2) is 12.0 Å². The Morgan fingerprint density at radius 2 is 1.93 bits per heavy atom. The lowest BCUT2D eigenvalue weighted by molar-refractivity contribution is -0.0366. The molecule has 0 spiro atoms. The molecule has 30 heavy (non-hydrogen) atoms. The van der Waals surface area contributed by atoms with Crippen LogP contribution in [-0.4, -0.2) is 26.4 Å². The summed E-state index contributed by atoms with van der Waals surface area (Å²) >= 11 is 6.50. The zero-order chi connectivity index (χ0) is 21.0. The minimum Gasteiger partial charge on any atom is -0.356 e. The largest absolute Gasteiger partial charge is 0.356 e. The van der Waals surface area contributed by atoms with Gasteiger partial charge in [-0.15, -0.1) is 0 Å². The monoisotopic (exact) mass is 432 g/mol. The molecule has 4 aromatic rings. The van der Waals surface area contributed by atoms with E-state index in [2.05, 4.69) is 15.1 Å². The number of aromatic nitrogens is 4. The molecule has 154 valence electrons. The number of hydrogen-bond donors (Lipinski definition) is 0. The number of benzene rings is 2. The zero-order valence-electron chi connectivity index (χ0n) is 15.9. The molecule has 1 atom stereocenters. The normalized spacial score (nSPS) is 17.2. The van der Waals surface area contributed by atoms with E-state index in [0.717, 1.165) is 25.3 Å². The molecule has 0 saturated carbocycles. The van der Waals surface area contributed by atoms with Crippen molar-refractivity contribution in [2.24, 2.45) is 0 Å². The Kier molecular flexibility index (Phi) is 4.63. The zero-order valence-corrected chi connectivity index (χ0v) is 16.7. The van der Waals surface area contributed by atoms with Crippen molar-refractivity contribution in [3.8, 4) is 11.3 Å². The standard InChI is InChI=1S/C21H16ClF3N4O/c1-10-14(22)8-16-13(9-26-29(16)17-4-2-3-5-30-17)18(10)20-12-6-11(23)7-15(24)19(12)27-21(25)28-20/h6-9,17H,2-5H2,1H3. The summed E-state index contributed by atoms with van der Waals surface area (Å²) in [5, 5.41) is 5.57. The summed E-state index contributed by atoms with van der Waals surface area (Å²) in [5.74, 6) is -1.77. The minimum absolute atomic E-state index is 0.0576. The van der Waals surface area contributed by atoms with Crippen molar-refractivity contribution in [2.45, 2.75) is 32.4 Å². The first-order valence-electron chi connectivity index (χ1n) is 9.54. The Balaban J connectivity index is 1.83. The van der Waals surface area contributed by atoms with Crippen LogP contribution in [0.15, 0.2) is 24.4 Å². The molecule has 1 unspecified atom stereocenters. The third kappa shape index (κ3) is 3.02. The van der Waals surface area contributed by atoms with Gasteiger partial charge < -0.3 is 4.74 Å². The number of rotatable bonds is 2. The molecule has 1 aliphatic heterocycles. The number of fused-ring (bicyclic) bond motifs is 2. The number of nitrogens with zero attached hydrogens (tertiary/aromatic N) is 4. The van der Waals surface area contributed by atoms with Gasteiger partial charge in [0, 0.05) is 34.0 Å². The lowest BCUT2D eigenvalue weighted by Crippen LogP contribution is -2.19. The van der Waals surface area contributed by atoms with Crippen LogP contribution in [0, 0.1) is 24.6 Å². The van der Waals surface area contributed by atoms with Crippen LogP contribution in [0.25, 0.3) is 33.1 Å². The SMILES string of the molecule is Cc1c(Cl)cc2c(cnn2C2CCCCO2)c1-c1nc(F)nc2c(F)cc(F)cc12. The lowest BCUT2D eigenvalue weighted by Gasteiger charge is -2.23. The minimum atomic E-state index is -1.11. The van der Waals surface area contributed by atoms with E-state index >= 15 is 0 Å². The van der Waals surface area contributed by atoms with Crippen molar-refractivity contribution in [3.63, 3.8) is 0 Å². The van der Waals surface area contributed by atoms with E-state index in [1.54, 1.807) is 23.9 Å². The summed E-state index contributed by atoms with van der Waals surface area (Å²) in [6.07, 6.45) is 3.07. The van der Waals surface area contributed by atoms with E-state index in [0.29, 0.717) is 39.7 Å². The highest BCUT2D eigenvalue weighted by molar-refractivity contribution is 6.33. The van der Waals surface area contributed by atoms with Gasteiger partial charge in [-0.3, -0.25) is 0 Å². The van der Waals surface area contributed by atoms with E-state index in [-0.39, 0.29) is 22.8 Å². The van der Waals surface area contributed by atoms with Crippen LogP contribution in [0.2, 0.25) is 5.02 Å². The van der Waals surface area contributed by atoms with Crippen LogP contribution in [0.1, 0.15) is 31.1 Å². The maximum atomic E-state index is 14.3. The van der Waals surface area contributed by atoms with Crippen LogP contribution < -0.4 is 0 Å². The number of halogens is 4. The molecule has 1 aliphatic rings. The predicted octanol–water partition coefficient (Wildman–Crippen LogP) is 5.72. The van der Waals surface area contributed by atoms with Gasteiger partial charge in [0.1, 0.15) is 11.3 Å². The summed E-state index contributed by atoms with van der Waals surface area (Å²) in [7, 11) is 0. The molecule has 2 aromatic heterocycles. The Labute approximate surface area is 174 Å². The second kappa shape index (κ2) is 7.21. The fraction of sp³-hybridized carbons (Fsp3) is 0.286. The van der Waals surface area contributed by atoms with Crippen molar-refractivity contribution in [3.05, 3.63) is 52.7 Å². The molecular formula is C21H16ClF3N4O. The van der Waals surface area contributed by atoms with Crippen LogP contribution in [0.5, 0.6) is 0 Å². The van der Waals surface area contributed by atoms with E-state index in [4.69, 9.17) is 16.3 Å². The Hall–Kier alpha value is -2.71. The van der Waals surface area contributed by atoms with E-state index in [1.807, 2.05) is 0 Å². The van der Waals surface area contributed by atoms with Crippen molar-refractivity contribution >= 4 is 33.4 Å². The first-order valence-corrected chi connectivity index (χ1v) is 9.92. The van der Waals surface area contributed by atoms with E-state index in [1.165, 1.54) is 0 Å². The van der Waals surface area contributed by atoms with E-state index in [9.17, 15) is 13.2 Å². The van der Waals surface area contributed by atoms with Gasteiger partial charge in [-0.05, 0) is 43.9 Å². The third-order valence-corrected chi connectivity index (χ3v) is 5.85. The Morgan fingerprint density at radius 1 is 1.10 bits per heavy atom. The van der Waals surface area contributed by atoms with Gasteiger partial charge in [-0.2, -0.15) is 14.5 Å². The maximum absolute atomic E-state index is 14.3. The molecule has 1 saturated heterocycles. The molecule has 9 heteroatoms. The molecule has 1 fully saturated rings. The van der Waals surface area contributed by atoms with Crippen molar-refractivity contribution < 1.29 is 17.9 Å². The molecule has 5 nitrogen and oxygen atoms in total. The third-order valence-electron chi connectivity index (χ3n) is 5.46. The Morgan fingerprint density at radius 3 is 2.70 bits per heavy atom. The average Bonchev–Trinajstić information content (AvgIpc) is 3.13. The van der Waals surface area contributed by atoms with Crippen molar-refractivity contribution in [2.75, 3.05) is 6.61 Å². The first kappa shape index (κ1) is 19.3. The molecule has 0 radical (unpaired) electrons. The van der Waals surface area contributed by atoms with Gasteiger partial charge in [0.05, 0.1) is 17.4 Å². The lowest BCUT2D eigenvalue weighted by atomic mass is 9.98. The summed E-state index contributed by atoms with van der Waals surface area (Å²) in [4.78, 5) is 7.41. The van der Waals surface area contributed by atoms with Gasteiger partial charge in [0.25, 0.3) is 0 Å². The molecular weight excluding hydrogens is 417 g/mol. The highest BCUT2D eigenvalue weighted by Gasteiger charge is 2.24. The first-order chi connectivity index (χ1) is 14.4. The number of ether oxygens (including phenoxy) is 1. The van der Waals surface area contributed by atoms with Crippen LogP contribution in [0.4, 0.5) is 13.2 Å². The van der Waals surface area contributed by atoms with Crippen LogP contribution >= 0.6 is 11.6 Å². The van der Waals surface area contributed by atoms with Gasteiger partial charge in [-0.1, -0.05) is 11.6 Å². The van der Waals surface area contributed by atoms with Crippen molar-refractivity contribution in [1.82, 2.24) is 19.7 Å². The van der Waals surface area contributed by atoms with Gasteiger partial charge in [-0.25, -0.2) is 18.4 Å². The fourth-order valence-electron chi connectivity index (χ4n) is 4.03. The number of hydrogen-bond acceptors (Lipinski definition) is 4. The molecule has 0 aliphatic carbocycles. The van der Waals surface area contributed by atoms with E-state index < -0.39 is 17.7 Å². The fourth-order valence-corrected chi connectivity index (χ4v) is 4.23. The van der Waals surface area contributed by atoms with Gasteiger partial charge >= 0.3 is 6.08 Å².